The van der Waals surface area contributed by atoms with Crippen LogP contribution < -0.4 is 0 Å². The van der Waals surface area contributed by atoms with E-state index in [1.54, 1.807) is 0 Å². The van der Waals surface area contributed by atoms with Gasteiger partial charge in [0.15, 0.2) is 0 Å². The molecule has 0 radical (unpaired) electrons. The molecular formula is C10H15N3O6. The lowest BCUT2D eigenvalue weighted by Gasteiger charge is -2.14. The lowest BCUT2D eigenvalue weighted by molar-refractivity contribution is -0.0244. The lowest BCUT2D eigenvalue weighted by atomic mass is 10.1. The van der Waals surface area contributed by atoms with Gasteiger partial charge in [-0.2, -0.15) is 0 Å². The number of azide groups is 1. The molecule has 0 aliphatic carbocycles. The summed E-state index contributed by atoms with van der Waals surface area (Å²) in [6.07, 6.45) is -2.03. The number of rotatable bonds is 5. The molecule has 0 saturated carbocycles. The number of aliphatic hydroxyl groups excluding tert-OH is 1. The van der Waals surface area contributed by atoms with Crippen LogP contribution in [-0.4, -0.2) is 55.1 Å². The minimum Gasteiger partial charge on any atom is -0.431 e. The van der Waals surface area contributed by atoms with E-state index < -0.39 is 24.7 Å². The molecule has 19 heavy (non-hydrogen) atoms. The molecule has 106 valence electrons. The van der Waals surface area contributed by atoms with Gasteiger partial charge >= 0.3 is 6.16 Å². The Balaban J connectivity index is 1.72. The molecule has 2 rings (SSSR count). The zero-order valence-electron chi connectivity index (χ0n) is 10.3. The van der Waals surface area contributed by atoms with Crippen LogP contribution in [0.3, 0.4) is 0 Å². The predicted octanol–water partition coefficient (Wildman–Crippen LogP) is 0.713. The first-order valence-electron chi connectivity index (χ1n) is 5.93. The molecule has 5 atom stereocenters. The Labute approximate surface area is 109 Å². The fourth-order valence-electron chi connectivity index (χ4n) is 1.91. The second-order valence-electron chi connectivity index (χ2n) is 4.40. The van der Waals surface area contributed by atoms with E-state index in [2.05, 4.69) is 10.0 Å². The third-order valence-electron chi connectivity index (χ3n) is 2.90. The summed E-state index contributed by atoms with van der Waals surface area (Å²) >= 11 is 0. The van der Waals surface area contributed by atoms with Crippen LogP contribution in [0.2, 0.25) is 0 Å². The van der Waals surface area contributed by atoms with Crippen molar-refractivity contribution in [3.8, 4) is 0 Å². The maximum Gasteiger partial charge on any atom is 0.510 e. The van der Waals surface area contributed by atoms with Gasteiger partial charge in [-0.25, -0.2) is 4.79 Å². The van der Waals surface area contributed by atoms with E-state index in [9.17, 15) is 4.79 Å². The first-order valence-corrected chi connectivity index (χ1v) is 5.93. The van der Waals surface area contributed by atoms with E-state index in [0.717, 1.165) is 0 Å². The van der Waals surface area contributed by atoms with E-state index in [-0.39, 0.29) is 25.4 Å². The maximum absolute atomic E-state index is 11.3. The van der Waals surface area contributed by atoms with Crippen molar-refractivity contribution in [1.82, 2.24) is 0 Å². The molecule has 2 fully saturated rings. The molecular weight excluding hydrogens is 258 g/mol. The number of hydrogen-bond donors (Lipinski definition) is 1. The van der Waals surface area contributed by atoms with Crippen molar-refractivity contribution in [3.05, 3.63) is 10.4 Å². The molecule has 0 aromatic carbocycles. The van der Waals surface area contributed by atoms with Gasteiger partial charge in [-0.15, -0.1) is 0 Å². The first kappa shape index (κ1) is 13.9. The molecule has 1 N–H and O–H groups in total. The molecule has 0 aromatic rings. The second kappa shape index (κ2) is 6.07. The van der Waals surface area contributed by atoms with Crippen molar-refractivity contribution in [2.24, 2.45) is 5.11 Å². The van der Waals surface area contributed by atoms with Gasteiger partial charge in [0.05, 0.1) is 18.8 Å². The number of epoxide rings is 1. The zero-order chi connectivity index (χ0) is 13.8. The third kappa shape index (κ3) is 3.71. The van der Waals surface area contributed by atoms with Crippen LogP contribution in [0.25, 0.3) is 10.4 Å². The van der Waals surface area contributed by atoms with E-state index in [4.69, 9.17) is 29.6 Å². The Kier molecular flexibility index (Phi) is 4.43. The minimum absolute atomic E-state index is 0.0503. The smallest absolute Gasteiger partial charge is 0.431 e. The highest BCUT2D eigenvalue weighted by molar-refractivity contribution is 5.60. The molecule has 2 saturated heterocycles. The quantitative estimate of drug-likeness (QED) is 0.258. The number of carbonyl (C=O) groups excluding carboxylic acids is 1. The minimum atomic E-state index is -0.899. The molecule has 9 heteroatoms. The number of carbonyl (C=O) groups is 1. The SMILES string of the molecule is C[C@H]1C[C@@H](N=[N+]=[N-])[C@@H](COC(=O)O[C@H]2O[C@H]2CO)O1. The van der Waals surface area contributed by atoms with Crippen molar-refractivity contribution >= 4 is 6.16 Å². The molecule has 0 aromatic heterocycles. The highest BCUT2D eigenvalue weighted by Gasteiger charge is 2.43. The van der Waals surface area contributed by atoms with Crippen LogP contribution in [0.15, 0.2) is 5.11 Å². The highest BCUT2D eigenvalue weighted by atomic mass is 16.8. The monoisotopic (exact) mass is 273 g/mol. The summed E-state index contributed by atoms with van der Waals surface area (Å²) in [5, 5.41) is 12.3. The summed E-state index contributed by atoms with van der Waals surface area (Å²) in [6, 6.07) is -0.352. The van der Waals surface area contributed by atoms with Gasteiger partial charge in [0.2, 0.25) is 6.29 Å². The van der Waals surface area contributed by atoms with Crippen molar-refractivity contribution in [1.29, 1.82) is 0 Å². The summed E-state index contributed by atoms with van der Waals surface area (Å²) in [6.45, 7) is 1.59. The summed E-state index contributed by atoms with van der Waals surface area (Å²) in [5.41, 5.74) is 8.42. The predicted molar refractivity (Wildman–Crippen MR) is 60.1 cm³/mol. The Morgan fingerprint density at radius 3 is 2.95 bits per heavy atom. The van der Waals surface area contributed by atoms with Crippen LogP contribution in [0, 0.1) is 0 Å². The van der Waals surface area contributed by atoms with Gasteiger partial charge < -0.3 is 24.1 Å². The molecule has 2 aliphatic rings. The van der Waals surface area contributed by atoms with E-state index in [1.807, 2.05) is 6.92 Å². The first-order chi connectivity index (χ1) is 9.13. The van der Waals surface area contributed by atoms with Crippen molar-refractivity contribution < 1.29 is 28.8 Å². The third-order valence-corrected chi connectivity index (χ3v) is 2.90. The van der Waals surface area contributed by atoms with Gasteiger partial charge in [0.25, 0.3) is 0 Å². The van der Waals surface area contributed by atoms with Gasteiger partial charge in [-0.05, 0) is 18.9 Å². The standard InChI is InChI=1S/C10H15N3O6/c1-5-2-6(12-13-11)8(17-5)4-16-10(15)19-9-7(3-14)18-9/h5-9,14H,2-4H2,1H3/t5-,6+,7-,8+,9+/m0/s1. The Morgan fingerprint density at radius 2 is 2.32 bits per heavy atom. The summed E-state index contributed by atoms with van der Waals surface area (Å²) in [5.74, 6) is 0. The summed E-state index contributed by atoms with van der Waals surface area (Å²) in [7, 11) is 0. The van der Waals surface area contributed by atoms with Crippen molar-refractivity contribution in [3.63, 3.8) is 0 Å². The van der Waals surface area contributed by atoms with Gasteiger partial charge in [0.1, 0.15) is 18.8 Å². The van der Waals surface area contributed by atoms with E-state index in [0.29, 0.717) is 6.42 Å². The summed E-state index contributed by atoms with van der Waals surface area (Å²) < 4.78 is 19.9. The molecule has 0 spiro atoms. The van der Waals surface area contributed by atoms with E-state index >= 15 is 0 Å². The van der Waals surface area contributed by atoms with Crippen molar-refractivity contribution in [2.75, 3.05) is 13.2 Å². The van der Waals surface area contributed by atoms with Crippen molar-refractivity contribution in [2.45, 2.75) is 44.0 Å². The molecule has 2 heterocycles. The lowest BCUT2D eigenvalue weighted by Crippen LogP contribution is -2.27. The average Bonchev–Trinajstić information content (AvgIpc) is 3.03. The zero-order valence-corrected chi connectivity index (χ0v) is 10.3. The highest BCUT2D eigenvalue weighted by Crippen LogP contribution is 2.25. The fourth-order valence-corrected chi connectivity index (χ4v) is 1.91. The maximum atomic E-state index is 11.3. The number of aliphatic hydroxyl groups is 1. The molecule has 0 unspecified atom stereocenters. The second-order valence-corrected chi connectivity index (χ2v) is 4.40. The van der Waals surface area contributed by atoms with Crippen LogP contribution in [-0.2, 0) is 18.9 Å². The average molecular weight is 273 g/mol. The molecule has 9 nitrogen and oxygen atoms in total. The molecule has 0 amide bonds. The van der Waals surface area contributed by atoms with Gasteiger partial charge in [0, 0.05) is 4.91 Å². The Hall–Kier alpha value is -1.54. The normalized spacial score (nSPS) is 36.4. The van der Waals surface area contributed by atoms with Gasteiger partial charge in [-0.1, -0.05) is 5.11 Å². The topological polar surface area (TPSA) is 126 Å². The van der Waals surface area contributed by atoms with Crippen LogP contribution in [0.4, 0.5) is 4.79 Å². The number of hydrogen-bond acceptors (Lipinski definition) is 7. The van der Waals surface area contributed by atoms with E-state index in [1.165, 1.54) is 0 Å². The molecule has 0 bridgehead atoms. The Bertz CT molecular complexity index is 385. The van der Waals surface area contributed by atoms with Gasteiger partial charge in [-0.3, -0.25) is 0 Å². The number of nitrogens with zero attached hydrogens (tertiary/aromatic N) is 3. The molecule has 2 aliphatic heterocycles. The van der Waals surface area contributed by atoms with Crippen LogP contribution in [0.1, 0.15) is 13.3 Å². The Morgan fingerprint density at radius 1 is 1.53 bits per heavy atom. The fraction of sp³-hybridized carbons (Fsp3) is 0.900. The van der Waals surface area contributed by atoms with Crippen LogP contribution in [0.5, 0.6) is 0 Å². The largest absolute Gasteiger partial charge is 0.510 e. The van der Waals surface area contributed by atoms with Crippen LogP contribution >= 0.6 is 0 Å². The number of ether oxygens (including phenoxy) is 4. The summed E-state index contributed by atoms with van der Waals surface area (Å²) in [4.78, 5) is 14.0.